The average Bonchev–Trinajstić information content (AvgIpc) is 2.30. The van der Waals surface area contributed by atoms with Crippen molar-refractivity contribution in [2.45, 2.75) is 6.92 Å². The number of anilines is 1. The molecule has 2 N–H and O–H groups in total. The molecule has 1 aromatic rings. The van der Waals surface area contributed by atoms with Crippen molar-refractivity contribution in [3.05, 3.63) is 35.9 Å². The summed E-state index contributed by atoms with van der Waals surface area (Å²) in [6.45, 7) is 6.35. The molecule has 0 aliphatic heterocycles. The summed E-state index contributed by atoms with van der Waals surface area (Å²) in [4.78, 5) is 11.3. The second-order valence-electron chi connectivity index (χ2n) is 3.20. The van der Waals surface area contributed by atoms with Gasteiger partial charge in [0.15, 0.2) is 0 Å². The van der Waals surface area contributed by atoms with E-state index in [9.17, 15) is 4.79 Å². The number of nitrogens with one attached hydrogen (secondary N) is 2. The van der Waals surface area contributed by atoms with Crippen LogP contribution in [0.4, 0.5) is 10.5 Å². The molecule has 0 saturated carbocycles. The van der Waals surface area contributed by atoms with E-state index in [0.717, 1.165) is 0 Å². The Kier molecular flexibility index (Phi) is 5.36. The summed E-state index contributed by atoms with van der Waals surface area (Å²) in [5, 5.41) is 5.71. The number of hydrogen-bond donors (Lipinski definition) is 2. The molecule has 0 unspecified atom stereocenters. The predicted octanol–water partition coefficient (Wildman–Crippen LogP) is 3.05. The second kappa shape index (κ2) is 6.81. The van der Waals surface area contributed by atoms with Crippen LogP contribution in [0.3, 0.4) is 0 Å². The summed E-state index contributed by atoms with van der Waals surface area (Å²) < 4.78 is 5.29. The Morgan fingerprint density at radius 3 is 2.94 bits per heavy atom. The Hall–Kier alpha value is -1.68. The van der Waals surface area contributed by atoms with Crippen molar-refractivity contribution in [1.82, 2.24) is 5.32 Å². The van der Waals surface area contributed by atoms with Gasteiger partial charge in [-0.3, -0.25) is 0 Å². The zero-order valence-corrected chi connectivity index (χ0v) is 10.4. The molecule has 5 heteroatoms. The fourth-order valence-electron chi connectivity index (χ4n) is 1.19. The predicted molar refractivity (Wildman–Crippen MR) is 69.8 cm³/mol. The lowest BCUT2D eigenvalue weighted by atomic mass is 10.3. The maximum absolute atomic E-state index is 11.3. The highest BCUT2D eigenvalue weighted by Crippen LogP contribution is 2.27. The van der Waals surface area contributed by atoms with Crippen molar-refractivity contribution in [2.75, 3.05) is 18.5 Å². The van der Waals surface area contributed by atoms with E-state index < -0.39 is 0 Å². The molecule has 0 aromatic heterocycles. The lowest BCUT2D eigenvalue weighted by Gasteiger charge is -2.09. The fourth-order valence-corrected chi connectivity index (χ4v) is 1.43. The largest absolute Gasteiger partial charge is 0.492 e. The molecule has 0 aliphatic carbocycles. The van der Waals surface area contributed by atoms with Crippen molar-refractivity contribution >= 4 is 23.3 Å². The number of carbonyl (C=O) groups is 1. The van der Waals surface area contributed by atoms with Crippen LogP contribution in [0.15, 0.2) is 30.9 Å². The fraction of sp³-hybridized carbons (Fsp3) is 0.250. The van der Waals surface area contributed by atoms with Crippen molar-refractivity contribution in [1.29, 1.82) is 0 Å². The quantitative estimate of drug-likeness (QED) is 0.794. The maximum atomic E-state index is 11.3. The minimum atomic E-state index is -0.301. The van der Waals surface area contributed by atoms with Gasteiger partial charge in [0, 0.05) is 12.2 Å². The summed E-state index contributed by atoms with van der Waals surface area (Å²) in [5.74, 6) is 0.603. The average molecular weight is 255 g/mol. The van der Waals surface area contributed by atoms with Gasteiger partial charge in [-0.25, -0.2) is 4.79 Å². The van der Waals surface area contributed by atoms with E-state index in [0.29, 0.717) is 29.6 Å². The summed E-state index contributed by atoms with van der Waals surface area (Å²) in [7, 11) is 0. The Morgan fingerprint density at radius 1 is 1.59 bits per heavy atom. The Morgan fingerprint density at radius 2 is 2.35 bits per heavy atom. The number of benzene rings is 1. The molecule has 0 heterocycles. The van der Waals surface area contributed by atoms with E-state index in [4.69, 9.17) is 16.3 Å². The van der Waals surface area contributed by atoms with Crippen LogP contribution >= 0.6 is 11.6 Å². The van der Waals surface area contributed by atoms with E-state index in [1.54, 1.807) is 24.3 Å². The van der Waals surface area contributed by atoms with E-state index in [2.05, 4.69) is 17.2 Å². The van der Waals surface area contributed by atoms with Gasteiger partial charge in [-0.1, -0.05) is 17.7 Å². The number of hydrogen-bond acceptors (Lipinski definition) is 2. The van der Waals surface area contributed by atoms with Crippen LogP contribution in [0.2, 0.25) is 5.02 Å². The summed E-state index contributed by atoms with van der Waals surface area (Å²) >= 11 is 5.98. The van der Waals surface area contributed by atoms with Crippen molar-refractivity contribution < 1.29 is 9.53 Å². The number of rotatable bonds is 5. The van der Waals surface area contributed by atoms with Gasteiger partial charge in [0.1, 0.15) is 5.75 Å². The van der Waals surface area contributed by atoms with Crippen molar-refractivity contribution in [2.24, 2.45) is 0 Å². The molecule has 0 bridgehead atoms. The molecule has 1 aromatic carbocycles. The highest BCUT2D eigenvalue weighted by Gasteiger charge is 2.04. The van der Waals surface area contributed by atoms with Crippen molar-refractivity contribution in [3.8, 4) is 5.75 Å². The lowest BCUT2D eigenvalue weighted by molar-refractivity contribution is 0.253. The van der Waals surface area contributed by atoms with Crippen LogP contribution in [0.5, 0.6) is 5.75 Å². The van der Waals surface area contributed by atoms with Crippen LogP contribution in [0.25, 0.3) is 0 Å². The number of urea groups is 1. The number of amides is 2. The van der Waals surface area contributed by atoms with Crippen LogP contribution in [0, 0.1) is 0 Å². The molecule has 0 spiro atoms. The number of ether oxygens (including phenoxy) is 1. The van der Waals surface area contributed by atoms with Gasteiger partial charge < -0.3 is 15.4 Å². The van der Waals surface area contributed by atoms with E-state index in [-0.39, 0.29) is 6.03 Å². The zero-order valence-electron chi connectivity index (χ0n) is 9.63. The highest BCUT2D eigenvalue weighted by atomic mass is 35.5. The van der Waals surface area contributed by atoms with Gasteiger partial charge in [0.25, 0.3) is 0 Å². The van der Waals surface area contributed by atoms with Gasteiger partial charge >= 0.3 is 6.03 Å². The molecule has 4 nitrogen and oxygen atoms in total. The van der Waals surface area contributed by atoms with E-state index in [1.807, 2.05) is 6.92 Å². The standard InChI is InChI=1S/C12H15ClN2O2/c1-3-7-14-12(16)15-9-5-6-11(17-4-2)10(13)8-9/h3,5-6,8H,1,4,7H2,2H3,(H2,14,15,16). The molecule has 92 valence electrons. The Bertz CT molecular complexity index is 407. The molecule has 17 heavy (non-hydrogen) atoms. The molecule has 0 radical (unpaired) electrons. The second-order valence-corrected chi connectivity index (χ2v) is 3.61. The smallest absolute Gasteiger partial charge is 0.319 e. The van der Waals surface area contributed by atoms with Crippen LogP contribution in [-0.4, -0.2) is 19.2 Å². The number of halogens is 1. The van der Waals surface area contributed by atoms with Crippen molar-refractivity contribution in [3.63, 3.8) is 0 Å². The first-order valence-corrected chi connectivity index (χ1v) is 5.63. The molecule has 0 atom stereocenters. The summed E-state index contributed by atoms with van der Waals surface area (Å²) in [6, 6.07) is 4.78. The Labute approximate surface area is 106 Å². The zero-order chi connectivity index (χ0) is 12.7. The normalized spacial score (nSPS) is 9.53. The third-order valence-electron chi connectivity index (χ3n) is 1.90. The first-order chi connectivity index (χ1) is 8.17. The molecule has 0 saturated heterocycles. The molecular weight excluding hydrogens is 240 g/mol. The van der Waals surface area contributed by atoms with Gasteiger partial charge in [0.05, 0.1) is 11.6 Å². The molecule has 2 amide bonds. The monoisotopic (exact) mass is 254 g/mol. The summed E-state index contributed by atoms with van der Waals surface area (Å²) in [6.07, 6.45) is 1.60. The molecule has 0 aliphatic rings. The maximum Gasteiger partial charge on any atom is 0.319 e. The van der Waals surface area contributed by atoms with Gasteiger partial charge in [0.2, 0.25) is 0 Å². The SMILES string of the molecule is C=CCNC(=O)Nc1ccc(OCC)c(Cl)c1. The van der Waals surface area contributed by atoms with E-state index in [1.165, 1.54) is 0 Å². The van der Waals surface area contributed by atoms with E-state index >= 15 is 0 Å². The van der Waals surface area contributed by atoms with Gasteiger partial charge in [-0.2, -0.15) is 0 Å². The minimum Gasteiger partial charge on any atom is -0.492 e. The van der Waals surface area contributed by atoms with Crippen LogP contribution in [0.1, 0.15) is 6.92 Å². The topological polar surface area (TPSA) is 50.4 Å². The van der Waals surface area contributed by atoms with Gasteiger partial charge in [-0.15, -0.1) is 6.58 Å². The third-order valence-corrected chi connectivity index (χ3v) is 2.19. The lowest BCUT2D eigenvalue weighted by Crippen LogP contribution is -2.28. The highest BCUT2D eigenvalue weighted by molar-refractivity contribution is 6.32. The Balaban J connectivity index is 2.63. The first kappa shape index (κ1) is 13.4. The molecular formula is C12H15ClN2O2. The third kappa shape index (κ3) is 4.36. The first-order valence-electron chi connectivity index (χ1n) is 5.25. The van der Waals surface area contributed by atoms with Crippen LogP contribution in [-0.2, 0) is 0 Å². The molecule has 0 fully saturated rings. The number of carbonyl (C=O) groups excluding carboxylic acids is 1. The van der Waals surface area contributed by atoms with Gasteiger partial charge in [-0.05, 0) is 25.1 Å². The van der Waals surface area contributed by atoms with Crippen LogP contribution < -0.4 is 15.4 Å². The molecule has 1 rings (SSSR count). The summed E-state index contributed by atoms with van der Waals surface area (Å²) in [5.41, 5.74) is 0.611. The minimum absolute atomic E-state index is 0.301.